The number of hydrogen-bond donors (Lipinski definition) is 1. The summed E-state index contributed by atoms with van der Waals surface area (Å²) in [4.78, 5) is 6.74. The molecule has 1 saturated heterocycles. The summed E-state index contributed by atoms with van der Waals surface area (Å²) in [5.74, 6) is 2.04. The predicted molar refractivity (Wildman–Crippen MR) is 142 cm³/mol. The Morgan fingerprint density at radius 3 is 2.50 bits per heavy atom. The SMILES string of the molecule is Cc1ccc(-c2ccc(C3C(c4ccccn4)NC(=S)N3c3ccc(C(C)C)cc3)o2)cc1Cl. The minimum atomic E-state index is -0.193. The number of nitrogens with zero attached hydrogens (tertiary/aromatic N) is 2. The van der Waals surface area contributed by atoms with Crippen molar-refractivity contribution in [3.63, 3.8) is 0 Å². The quantitative estimate of drug-likeness (QED) is 0.293. The number of halogens is 1. The smallest absolute Gasteiger partial charge is 0.174 e. The molecule has 6 heteroatoms. The number of pyridine rings is 1. The first-order chi connectivity index (χ1) is 16.4. The molecule has 1 aliphatic heterocycles. The van der Waals surface area contributed by atoms with Gasteiger partial charge in [0.05, 0.1) is 11.7 Å². The van der Waals surface area contributed by atoms with Gasteiger partial charge >= 0.3 is 0 Å². The van der Waals surface area contributed by atoms with Crippen LogP contribution in [0.25, 0.3) is 11.3 Å². The number of hydrogen-bond acceptors (Lipinski definition) is 3. The minimum absolute atomic E-state index is 0.154. The van der Waals surface area contributed by atoms with Crippen LogP contribution < -0.4 is 10.2 Å². The van der Waals surface area contributed by atoms with Gasteiger partial charge in [-0.3, -0.25) is 4.98 Å². The zero-order chi connectivity index (χ0) is 23.8. The Kier molecular flexibility index (Phi) is 6.15. The van der Waals surface area contributed by atoms with Gasteiger partial charge in [-0.15, -0.1) is 0 Å². The van der Waals surface area contributed by atoms with Gasteiger partial charge in [0.15, 0.2) is 5.11 Å². The third-order valence-corrected chi connectivity index (χ3v) is 7.03. The summed E-state index contributed by atoms with van der Waals surface area (Å²) in [7, 11) is 0. The average Bonchev–Trinajstić information content (AvgIpc) is 3.46. The maximum atomic E-state index is 6.43. The van der Waals surface area contributed by atoms with Crippen LogP contribution in [0.15, 0.2) is 83.4 Å². The number of furan rings is 1. The van der Waals surface area contributed by atoms with Crippen LogP contribution in [0.4, 0.5) is 5.69 Å². The second-order valence-corrected chi connectivity index (χ2v) is 9.70. The summed E-state index contributed by atoms with van der Waals surface area (Å²) in [6.07, 6.45) is 1.80. The summed E-state index contributed by atoms with van der Waals surface area (Å²) in [6, 6.07) is 24.1. The molecule has 1 aliphatic rings. The highest BCUT2D eigenvalue weighted by atomic mass is 35.5. The van der Waals surface area contributed by atoms with E-state index in [9.17, 15) is 0 Å². The Morgan fingerprint density at radius 2 is 1.82 bits per heavy atom. The average molecular weight is 488 g/mol. The Morgan fingerprint density at radius 1 is 1.03 bits per heavy atom. The van der Waals surface area contributed by atoms with Crippen molar-refractivity contribution >= 4 is 34.6 Å². The first-order valence-corrected chi connectivity index (χ1v) is 12.2. The molecule has 2 unspecified atom stereocenters. The first kappa shape index (κ1) is 22.6. The van der Waals surface area contributed by atoms with Crippen molar-refractivity contribution in [3.8, 4) is 11.3 Å². The molecule has 0 bridgehead atoms. The topological polar surface area (TPSA) is 41.3 Å². The number of aryl methyl sites for hydroxylation is 1. The van der Waals surface area contributed by atoms with E-state index < -0.39 is 0 Å². The van der Waals surface area contributed by atoms with Gasteiger partial charge in [-0.05, 0) is 78.7 Å². The van der Waals surface area contributed by atoms with Crippen LogP contribution in [0.3, 0.4) is 0 Å². The number of anilines is 1. The van der Waals surface area contributed by atoms with Crippen molar-refractivity contribution in [2.75, 3.05) is 4.90 Å². The number of aromatic nitrogens is 1. The summed E-state index contributed by atoms with van der Waals surface area (Å²) in [6.45, 7) is 6.38. The van der Waals surface area contributed by atoms with Crippen LogP contribution in [0.5, 0.6) is 0 Å². The van der Waals surface area contributed by atoms with Gasteiger partial charge < -0.3 is 14.6 Å². The van der Waals surface area contributed by atoms with Crippen LogP contribution >= 0.6 is 23.8 Å². The van der Waals surface area contributed by atoms with Gasteiger partial charge in [0.2, 0.25) is 0 Å². The Bertz CT molecular complexity index is 1320. The van der Waals surface area contributed by atoms with Crippen molar-refractivity contribution < 1.29 is 4.42 Å². The van der Waals surface area contributed by atoms with E-state index in [4.69, 9.17) is 28.2 Å². The fourth-order valence-corrected chi connectivity index (χ4v) is 4.88. The summed E-state index contributed by atoms with van der Waals surface area (Å²) in [5, 5.41) is 4.85. The van der Waals surface area contributed by atoms with Crippen molar-refractivity contribution in [2.45, 2.75) is 38.8 Å². The second kappa shape index (κ2) is 9.24. The highest BCUT2D eigenvalue weighted by Gasteiger charge is 2.42. The van der Waals surface area contributed by atoms with E-state index in [0.29, 0.717) is 11.0 Å². The monoisotopic (exact) mass is 487 g/mol. The van der Waals surface area contributed by atoms with E-state index >= 15 is 0 Å². The lowest BCUT2D eigenvalue weighted by molar-refractivity contribution is 0.439. The first-order valence-electron chi connectivity index (χ1n) is 11.4. The molecule has 3 heterocycles. The zero-order valence-electron chi connectivity index (χ0n) is 19.3. The Labute approximate surface area is 210 Å². The van der Waals surface area contributed by atoms with E-state index in [0.717, 1.165) is 39.1 Å². The molecule has 0 aliphatic carbocycles. The fourth-order valence-electron chi connectivity index (χ4n) is 4.35. The normalized spacial score (nSPS) is 17.9. The molecule has 172 valence electrons. The minimum Gasteiger partial charge on any atom is -0.459 e. The molecule has 2 atom stereocenters. The number of nitrogens with one attached hydrogen (secondary N) is 1. The molecular weight excluding hydrogens is 462 g/mol. The molecule has 4 aromatic rings. The van der Waals surface area contributed by atoms with E-state index in [1.807, 2.05) is 55.5 Å². The number of benzene rings is 2. The summed E-state index contributed by atoms with van der Waals surface area (Å²) >= 11 is 12.2. The molecule has 1 fully saturated rings. The van der Waals surface area contributed by atoms with E-state index in [-0.39, 0.29) is 12.1 Å². The lowest BCUT2D eigenvalue weighted by Gasteiger charge is -2.26. The molecule has 0 saturated carbocycles. The second-order valence-electron chi connectivity index (χ2n) is 8.91. The lowest BCUT2D eigenvalue weighted by atomic mass is 10.0. The van der Waals surface area contributed by atoms with E-state index in [1.165, 1.54) is 5.56 Å². The van der Waals surface area contributed by atoms with E-state index in [2.05, 4.69) is 53.3 Å². The lowest BCUT2D eigenvalue weighted by Crippen LogP contribution is -2.29. The van der Waals surface area contributed by atoms with Crippen LogP contribution in [0.2, 0.25) is 5.02 Å². The molecular formula is C28H26ClN3OS. The Balaban J connectivity index is 1.57. The standard InChI is InChI=1S/C28H26ClN3OS/c1-17(2)19-9-11-21(12-10-19)32-27(26(31-28(32)34)23-6-4-5-15-30-23)25-14-13-24(33-25)20-8-7-18(3)22(29)16-20/h4-17,26-27H,1-3H3,(H,31,34). The molecule has 1 N–H and O–H groups in total. The summed E-state index contributed by atoms with van der Waals surface area (Å²) < 4.78 is 6.43. The van der Waals surface area contributed by atoms with Gasteiger partial charge in [0.25, 0.3) is 0 Å². The van der Waals surface area contributed by atoms with Gasteiger partial charge in [0, 0.05) is 22.5 Å². The maximum Gasteiger partial charge on any atom is 0.174 e. The molecule has 0 radical (unpaired) electrons. The third-order valence-electron chi connectivity index (χ3n) is 6.31. The van der Waals surface area contributed by atoms with Gasteiger partial charge in [-0.25, -0.2) is 0 Å². The zero-order valence-corrected chi connectivity index (χ0v) is 20.9. The van der Waals surface area contributed by atoms with Gasteiger partial charge in [-0.2, -0.15) is 0 Å². The van der Waals surface area contributed by atoms with Crippen molar-refractivity contribution in [2.24, 2.45) is 0 Å². The van der Waals surface area contributed by atoms with Crippen LogP contribution in [-0.2, 0) is 0 Å². The highest BCUT2D eigenvalue weighted by Crippen LogP contribution is 2.43. The van der Waals surface area contributed by atoms with Gasteiger partial charge in [0.1, 0.15) is 17.6 Å². The predicted octanol–water partition coefficient (Wildman–Crippen LogP) is 7.60. The molecule has 34 heavy (non-hydrogen) atoms. The largest absolute Gasteiger partial charge is 0.459 e. The van der Waals surface area contributed by atoms with E-state index in [1.54, 1.807) is 6.20 Å². The molecule has 4 nitrogen and oxygen atoms in total. The molecule has 5 rings (SSSR count). The summed E-state index contributed by atoms with van der Waals surface area (Å²) in [5.41, 5.74) is 5.19. The van der Waals surface area contributed by atoms with Crippen LogP contribution in [0, 0.1) is 6.92 Å². The molecule has 0 spiro atoms. The number of thiocarbonyl (C=S) groups is 1. The van der Waals surface area contributed by atoms with Gasteiger partial charge in [-0.1, -0.05) is 55.8 Å². The van der Waals surface area contributed by atoms with Crippen molar-refractivity contribution in [1.29, 1.82) is 0 Å². The molecule has 0 amide bonds. The van der Waals surface area contributed by atoms with Crippen LogP contribution in [0.1, 0.15) is 54.4 Å². The highest BCUT2D eigenvalue weighted by molar-refractivity contribution is 7.80. The van der Waals surface area contributed by atoms with Crippen molar-refractivity contribution in [3.05, 3.63) is 107 Å². The maximum absolute atomic E-state index is 6.43. The van der Waals surface area contributed by atoms with Crippen LogP contribution in [-0.4, -0.2) is 10.1 Å². The third kappa shape index (κ3) is 4.22. The number of rotatable bonds is 5. The molecule has 2 aromatic heterocycles. The Hall–Kier alpha value is -3.15. The molecule has 2 aromatic carbocycles. The fraction of sp³-hybridized carbons (Fsp3) is 0.214. The van der Waals surface area contributed by atoms with Crippen molar-refractivity contribution in [1.82, 2.24) is 10.3 Å².